The quantitative estimate of drug-likeness (QED) is 0.559. The van der Waals surface area contributed by atoms with E-state index in [0.29, 0.717) is 24.8 Å². The van der Waals surface area contributed by atoms with Gasteiger partial charge in [0, 0.05) is 18.0 Å². The molecule has 0 bridgehead atoms. The zero-order valence-electron chi connectivity index (χ0n) is 17.5. The number of carbonyl (C=O) groups is 1. The molecule has 1 fully saturated rings. The molecule has 0 saturated carbocycles. The number of halogens is 1. The Morgan fingerprint density at radius 3 is 2.58 bits per heavy atom. The minimum atomic E-state index is -0.223. The van der Waals surface area contributed by atoms with E-state index in [1.807, 2.05) is 30.3 Å². The van der Waals surface area contributed by atoms with Crippen molar-refractivity contribution >= 4 is 5.91 Å². The van der Waals surface area contributed by atoms with E-state index in [0.717, 1.165) is 49.9 Å². The molecule has 0 atom stereocenters. The lowest BCUT2D eigenvalue weighted by atomic mass is 9.96. The summed E-state index contributed by atoms with van der Waals surface area (Å²) in [6.45, 7) is 2.90. The summed E-state index contributed by atoms with van der Waals surface area (Å²) in [5.41, 5.74) is 2.02. The molecule has 7 heteroatoms. The molecule has 1 saturated heterocycles. The number of hydrogen-bond acceptors (Lipinski definition) is 5. The van der Waals surface area contributed by atoms with Crippen LogP contribution in [-0.2, 0) is 17.8 Å². The van der Waals surface area contributed by atoms with Gasteiger partial charge in [0.15, 0.2) is 0 Å². The number of amides is 1. The Hall–Kier alpha value is -3.06. The Morgan fingerprint density at radius 2 is 1.84 bits per heavy atom. The van der Waals surface area contributed by atoms with Crippen molar-refractivity contribution in [1.82, 2.24) is 20.4 Å². The number of likely N-dealkylation sites (tertiary alicyclic amines) is 1. The third-order valence-corrected chi connectivity index (χ3v) is 5.67. The van der Waals surface area contributed by atoms with Crippen LogP contribution in [-0.4, -0.2) is 40.6 Å². The molecule has 6 nitrogen and oxygen atoms in total. The third kappa shape index (κ3) is 5.98. The number of aryl methyl sites for hydroxylation is 1. The fourth-order valence-electron chi connectivity index (χ4n) is 3.87. The van der Waals surface area contributed by atoms with Crippen LogP contribution in [0.3, 0.4) is 0 Å². The fourth-order valence-corrected chi connectivity index (χ4v) is 3.87. The first-order chi connectivity index (χ1) is 15.2. The van der Waals surface area contributed by atoms with Crippen molar-refractivity contribution in [3.05, 3.63) is 71.9 Å². The Morgan fingerprint density at radius 1 is 1.10 bits per heavy atom. The van der Waals surface area contributed by atoms with Crippen molar-refractivity contribution < 1.29 is 13.7 Å². The van der Waals surface area contributed by atoms with Gasteiger partial charge in [-0.15, -0.1) is 0 Å². The molecule has 0 aliphatic carbocycles. The van der Waals surface area contributed by atoms with Gasteiger partial charge in [-0.25, -0.2) is 4.39 Å². The number of benzene rings is 2. The minimum Gasteiger partial charge on any atom is -0.356 e. The van der Waals surface area contributed by atoms with E-state index in [2.05, 4.69) is 20.4 Å². The second kappa shape index (κ2) is 10.3. The Balaban J connectivity index is 1.16. The molecule has 1 N–H and O–H groups in total. The van der Waals surface area contributed by atoms with Crippen LogP contribution in [0.4, 0.5) is 4.39 Å². The number of aromatic nitrogens is 2. The molecule has 3 aromatic rings. The normalized spacial score (nSPS) is 15.1. The molecule has 1 amide bonds. The van der Waals surface area contributed by atoms with Gasteiger partial charge in [-0.1, -0.05) is 47.6 Å². The van der Waals surface area contributed by atoms with Crippen LogP contribution >= 0.6 is 0 Å². The van der Waals surface area contributed by atoms with Crippen molar-refractivity contribution in [1.29, 1.82) is 0 Å². The smallest absolute Gasteiger partial charge is 0.241 e. The second-order valence-electron chi connectivity index (χ2n) is 7.95. The maximum Gasteiger partial charge on any atom is 0.241 e. The van der Waals surface area contributed by atoms with Crippen LogP contribution in [0.5, 0.6) is 0 Å². The Bertz CT molecular complexity index is 967. The molecular formula is C24H27FN4O2. The lowest BCUT2D eigenvalue weighted by Crippen LogP contribution is -2.40. The van der Waals surface area contributed by atoms with E-state index in [9.17, 15) is 9.18 Å². The van der Waals surface area contributed by atoms with Crippen LogP contribution in [0.1, 0.15) is 30.7 Å². The molecule has 2 heterocycles. The molecule has 31 heavy (non-hydrogen) atoms. The topological polar surface area (TPSA) is 71.3 Å². The molecule has 0 radical (unpaired) electrons. The van der Waals surface area contributed by atoms with Crippen LogP contribution in [0.15, 0.2) is 59.1 Å². The first kappa shape index (κ1) is 21.2. The van der Waals surface area contributed by atoms with E-state index in [-0.39, 0.29) is 17.6 Å². The number of hydrogen-bond donors (Lipinski definition) is 1. The molecule has 162 valence electrons. The minimum absolute atomic E-state index is 0.0460. The average molecular weight is 423 g/mol. The lowest BCUT2D eigenvalue weighted by Gasteiger charge is -2.30. The summed E-state index contributed by atoms with van der Waals surface area (Å²) >= 11 is 0. The van der Waals surface area contributed by atoms with Gasteiger partial charge >= 0.3 is 0 Å². The summed E-state index contributed by atoms with van der Waals surface area (Å²) in [7, 11) is 0. The summed E-state index contributed by atoms with van der Waals surface area (Å²) in [5, 5.41) is 7.12. The van der Waals surface area contributed by atoms with E-state index >= 15 is 0 Å². The second-order valence-corrected chi connectivity index (χ2v) is 7.95. The van der Waals surface area contributed by atoms with Gasteiger partial charge in [0.1, 0.15) is 5.82 Å². The molecule has 2 aromatic carbocycles. The predicted octanol–water partition coefficient (Wildman–Crippen LogP) is 3.84. The fraction of sp³-hybridized carbons (Fsp3) is 0.375. The predicted molar refractivity (Wildman–Crippen MR) is 115 cm³/mol. The maximum absolute atomic E-state index is 12.9. The molecule has 0 spiro atoms. The highest BCUT2D eigenvalue weighted by molar-refractivity contribution is 5.78. The van der Waals surface area contributed by atoms with Gasteiger partial charge in [-0.3, -0.25) is 9.69 Å². The molecule has 4 rings (SSSR count). The Kier molecular flexibility index (Phi) is 7.04. The summed E-state index contributed by atoms with van der Waals surface area (Å²) in [6, 6.07) is 16.3. The Labute approximate surface area is 181 Å². The number of rotatable bonds is 8. The van der Waals surface area contributed by atoms with Crippen LogP contribution < -0.4 is 5.32 Å². The van der Waals surface area contributed by atoms with Gasteiger partial charge in [0.2, 0.25) is 17.6 Å². The summed E-state index contributed by atoms with van der Waals surface area (Å²) in [6.07, 6.45) is 3.32. The van der Waals surface area contributed by atoms with Crippen molar-refractivity contribution in [3.63, 3.8) is 0 Å². The highest BCUT2D eigenvalue weighted by atomic mass is 19.1. The van der Waals surface area contributed by atoms with Gasteiger partial charge in [-0.05, 0) is 56.5 Å². The molecule has 0 unspecified atom stereocenters. The maximum atomic E-state index is 12.9. The number of piperidine rings is 1. The highest BCUT2D eigenvalue weighted by Gasteiger charge is 2.25. The lowest BCUT2D eigenvalue weighted by molar-refractivity contribution is -0.126. The monoisotopic (exact) mass is 422 g/mol. The van der Waals surface area contributed by atoms with Gasteiger partial charge in [0.25, 0.3) is 0 Å². The third-order valence-electron chi connectivity index (χ3n) is 5.67. The van der Waals surface area contributed by atoms with Gasteiger partial charge in [-0.2, -0.15) is 4.98 Å². The number of nitrogens with zero attached hydrogens (tertiary/aromatic N) is 3. The standard InChI is InChI=1S/C24H27FN4O2/c25-21-10-8-18(9-11-21)5-4-14-26-24(30)20-12-15-29(16-13-20)17-22-27-23(28-31-22)19-6-2-1-3-7-19/h1-3,6-11,20H,4-5,12-17H2,(H,26,30). The van der Waals surface area contributed by atoms with Crippen molar-refractivity contribution in [2.75, 3.05) is 19.6 Å². The average Bonchev–Trinajstić information content (AvgIpc) is 3.27. The largest absolute Gasteiger partial charge is 0.356 e. The highest BCUT2D eigenvalue weighted by Crippen LogP contribution is 2.20. The first-order valence-corrected chi connectivity index (χ1v) is 10.8. The van der Waals surface area contributed by atoms with Gasteiger partial charge < -0.3 is 9.84 Å². The van der Waals surface area contributed by atoms with E-state index in [4.69, 9.17) is 4.52 Å². The first-order valence-electron chi connectivity index (χ1n) is 10.8. The number of carbonyl (C=O) groups excluding carboxylic acids is 1. The zero-order valence-corrected chi connectivity index (χ0v) is 17.5. The van der Waals surface area contributed by atoms with Crippen molar-refractivity contribution in [2.24, 2.45) is 5.92 Å². The van der Waals surface area contributed by atoms with E-state index < -0.39 is 0 Å². The van der Waals surface area contributed by atoms with Crippen LogP contribution in [0.2, 0.25) is 0 Å². The van der Waals surface area contributed by atoms with Crippen LogP contribution in [0.25, 0.3) is 11.4 Å². The number of nitrogens with one attached hydrogen (secondary N) is 1. The molecule has 1 aromatic heterocycles. The SMILES string of the molecule is O=C(NCCCc1ccc(F)cc1)C1CCN(Cc2nc(-c3ccccc3)no2)CC1. The molecule has 1 aliphatic rings. The van der Waals surface area contributed by atoms with E-state index in [1.54, 1.807) is 12.1 Å². The van der Waals surface area contributed by atoms with Crippen molar-refractivity contribution in [3.8, 4) is 11.4 Å². The van der Waals surface area contributed by atoms with Crippen molar-refractivity contribution in [2.45, 2.75) is 32.2 Å². The summed E-state index contributed by atoms with van der Waals surface area (Å²) in [4.78, 5) is 19.2. The molecule has 1 aliphatic heterocycles. The summed E-state index contributed by atoms with van der Waals surface area (Å²) in [5.74, 6) is 1.15. The zero-order chi connectivity index (χ0) is 21.5. The summed E-state index contributed by atoms with van der Waals surface area (Å²) < 4.78 is 18.3. The molecular weight excluding hydrogens is 395 g/mol. The van der Waals surface area contributed by atoms with Crippen LogP contribution in [0, 0.1) is 11.7 Å². The van der Waals surface area contributed by atoms with Gasteiger partial charge in [0.05, 0.1) is 6.54 Å². The van der Waals surface area contributed by atoms with E-state index in [1.165, 1.54) is 12.1 Å².